The molecule has 1 aliphatic rings. The van der Waals surface area contributed by atoms with Crippen LogP contribution in [0.25, 0.3) is 0 Å². The molecule has 0 spiro atoms. The average Bonchev–Trinajstić information content (AvgIpc) is 2.63. The molecule has 0 aliphatic carbocycles. The Balaban J connectivity index is 2.20. The molecule has 0 saturated carbocycles. The summed E-state index contributed by atoms with van der Waals surface area (Å²) in [5.74, 6) is -0.514. The molecule has 1 aromatic rings. The highest BCUT2D eigenvalue weighted by molar-refractivity contribution is 6.30. The Morgan fingerprint density at radius 2 is 2.12 bits per heavy atom. The van der Waals surface area contributed by atoms with Crippen LogP contribution in [0.4, 0.5) is 0 Å². The van der Waals surface area contributed by atoms with Crippen LogP contribution >= 0.6 is 11.6 Å². The van der Waals surface area contributed by atoms with E-state index in [0.29, 0.717) is 17.2 Å². The number of nitrogens with zero attached hydrogens (tertiary/aromatic N) is 1. The minimum Gasteiger partial charge on any atom is -0.379 e. The van der Waals surface area contributed by atoms with Gasteiger partial charge in [0.1, 0.15) is 0 Å². The highest BCUT2D eigenvalue weighted by Crippen LogP contribution is 2.26. The highest BCUT2D eigenvalue weighted by atomic mass is 35.5. The average molecular weight is 239 g/mol. The van der Waals surface area contributed by atoms with Gasteiger partial charge in [0, 0.05) is 11.4 Å². The molecule has 1 aromatic carbocycles. The number of nitrogens with two attached hydrogens (primary N) is 1. The van der Waals surface area contributed by atoms with E-state index in [1.165, 1.54) is 0 Å². The van der Waals surface area contributed by atoms with Crippen LogP contribution in [0.15, 0.2) is 29.4 Å². The van der Waals surface area contributed by atoms with Gasteiger partial charge in [0.05, 0.1) is 5.71 Å². The third-order valence-electron chi connectivity index (χ3n) is 2.56. The van der Waals surface area contributed by atoms with Crippen molar-refractivity contribution >= 4 is 23.2 Å². The lowest BCUT2D eigenvalue weighted by atomic mass is 9.95. The Bertz CT molecular complexity index is 456. The number of primary amides is 1. The lowest BCUT2D eigenvalue weighted by molar-refractivity contribution is -0.138. The fourth-order valence-electron chi connectivity index (χ4n) is 1.47. The van der Waals surface area contributed by atoms with E-state index in [2.05, 4.69) is 5.16 Å². The molecule has 2 rings (SSSR count). The second-order valence-corrected chi connectivity index (χ2v) is 4.34. The highest BCUT2D eigenvalue weighted by Gasteiger charge is 2.40. The number of hydrogen-bond acceptors (Lipinski definition) is 3. The molecular weight excluding hydrogens is 228 g/mol. The summed E-state index contributed by atoms with van der Waals surface area (Å²) in [6.45, 7) is 1.63. The van der Waals surface area contributed by atoms with Crippen molar-refractivity contribution in [3.05, 3.63) is 34.9 Å². The lowest BCUT2D eigenvalue weighted by Gasteiger charge is -2.15. The van der Waals surface area contributed by atoms with Gasteiger partial charge < -0.3 is 10.6 Å². The first kappa shape index (κ1) is 11.0. The maximum Gasteiger partial charge on any atom is 0.264 e. The molecule has 0 fully saturated rings. The summed E-state index contributed by atoms with van der Waals surface area (Å²) >= 11 is 5.78. The van der Waals surface area contributed by atoms with E-state index in [0.717, 1.165) is 5.56 Å². The number of carbonyl (C=O) groups is 1. The molecular formula is C11H11ClN2O2. The van der Waals surface area contributed by atoms with Crippen molar-refractivity contribution < 1.29 is 9.63 Å². The number of benzene rings is 1. The Hall–Kier alpha value is -1.55. The minimum atomic E-state index is -1.03. The SMILES string of the molecule is CC1(C(N)=O)CC(c2ccc(Cl)cc2)=NO1. The summed E-state index contributed by atoms with van der Waals surface area (Å²) in [4.78, 5) is 16.2. The molecule has 84 valence electrons. The van der Waals surface area contributed by atoms with Gasteiger partial charge in [0.2, 0.25) is 5.60 Å². The largest absolute Gasteiger partial charge is 0.379 e. The quantitative estimate of drug-likeness (QED) is 0.853. The molecule has 0 bridgehead atoms. The lowest BCUT2D eigenvalue weighted by Crippen LogP contribution is -2.41. The van der Waals surface area contributed by atoms with Crippen molar-refractivity contribution in [3.8, 4) is 0 Å². The first-order valence-electron chi connectivity index (χ1n) is 4.82. The third-order valence-corrected chi connectivity index (χ3v) is 2.81. The van der Waals surface area contributed by atoms with Crippen LogP contribution in [0, 0.1) is 0 Å². The maximum atomic E-state index is 11.2. The fourth-order valence-corrected chi connectivity index (χ4v) is 1.60. The smallest absolute Gasteiger partial charge is 0.264 e. The normalized spacial score (nSPS) is 23.8. The predicted molar refractivity (Wildman–Crippen MR) is 61.3 cm³/mol. The molecule has 1 amide bonds. The molecule has 16 heavy (non-hydrogen) atoms. The molecule has 1 atom stereocenters. The first-order chi connectivity index (χ1) is 7.51. The number of amides is 1. The monoisotopic (exact) mass is 238 g/mol. The van der Waals surface area contributed by atoms with Gasteiger partial charge in [-0.25, -0.2) is 0 Å². The predicted octanol–water partition coefficient (Wildman–Crippen LogP) is 1.71. The molecule has 1 unspecified atom stereocenters. The van der Waals surface area contributed by atoms with Gasteiger partial charge in [-0.2, -0.15) is 0 Å². The van der Waals surface area contributed by atoms with Gasteiger partial charge in [-0.1, -0.05) is 28.9 Å². The first-order valence-corrected chi connectivity index (χ1v) is 5.20. The van der Waals surface area contributed by atoms with E-state index in [1.54, 1.807) is 19.1 Å². The van der Waals surface area contributed by atoms with Gasteiger partial charge in [-0.05, 0) is 24.6 Å². The van der Waals surface area contributed by atoms with E-state index in [4.69, 9.17) is 22.2 Å². The van der Waals surface area contributed by atoms with Gasteiger partial charge in [0.25, 0.3) is 5.91 Å². The fraction of sp³-hybridized carbons (Fsp3) is 0.273. The van der Waals surface area contributed by atoms with Crippen molar-refractivity contribution in [1.82, 2.24) is 0 Å². The Morgan fingerprint density at radius 1 is 1.50 bits per heavy atom. The van der Waals surface area contributed by atoms with Crippen molar-refractivity contribution in [2.45, 2.75) is 18.9 Å². The van der Waals surface area contributed by atoms with E-state index in [-0.39, 0.29) is 0 Å². The summed E-state index contributed by atoms with van der Waals surface area (Å²) in [6.07, 6.45) is 0.379. The Kier molecular flexibility index (Phi) is 2.59. The molecule has 0 saturated heterocycles. The summed E-state index contributed by atoms with van der Waals surface area (Å²) in [5.41, 5.74) is 5.80. The van der Waals surface area contributed by atoms with Crippen LogP contribution < -0.4 is 5.73 Å². The van der Waals surface area contributed by atoms with Gasteiger partial charge >= 0.3 is 0 Å². The zero-order valence-corrected chi connectivity index (χ0v) is 9.49. The molecule has 5 heteroatoms. The van der Waals surface area contributed by atoms with Crippen LogP contribution in [0.3, 0.4) is 0 Å². The van der Waals surface area contributed by atoms with Crippen molar-refractivity contribution in [2.24, 2.45) is 10.9 Å². The zero-order valence-electron chi connectivity index (χ0n) is 8.74. The van der Waals surface area contributed by atoms with Crippen molar-refractivity contribution in [2.75, 3.05) is 0 Å². The minimum absolute atomic E-state index is 0.379. The molecule has 1 aliphatic heterocycles. The Morgan fingerprint density at radius 3 is 2.62 bits per heavy atom. The maximum absolute atomic E-state index is 11.2. The number of hydrogen-bond donors (Lipinski definition) is 1. The summed E-state index contributed by atoms with van der Waals surface area (Å²) in [5, 5.41) is 4.54. The van der Waals surface area contributed by atoms with Gasteiger partial charge in [-0.15, -0.1) is 0 Å². The van der Waals surface area contributed by atoms with Crippen LogP contribution in [0.5, 0.6) is 0 Å². The van der Waals surface area contributed by atoms with Crippen LogP contribution in [-0.4, -0.2) is 17.2 Å². The molecule has 4 nitrogen and oxygen atoms in total. The summed E-state index contributed by atoms with van der Waals surface area (Å²) < 4.78 is 0. The standard InChI is InChI=1S/C11H11ClN2O2/c1-11(10(13)15)6-9(14-16-11)7-2-4-8(12)5-3-7/h2-5H,6H2,1H3,(H2,13,15). The van der Waals surface area contributed by atoms with Crippen molar-refractivity contribution in [1.29, 1.82) is 0 Å². The van der Waals surface area contributed by atoms with Crippen molar-refractivity contribution in [3.63, 3.8) is 0 Å². The molecule has 1 heterocycles. The van der Waals surface area contributed by atoms with Gasteiger partial charge in [-0.3, -0.25) is 4.79 Å². The topological polar surface area (TPSA) is 64.7 Å². The molecule has 0 radical (unpaired) electrons. The van der Waals surface area contributed by atoms with E-state index in [9.17, 15) is 4.79 Å². The number of carbonyl (C=O) groups excluding carboxylic acids is 1. The number of rotatable bonds is 2. The van der Waals surface area contributed by atoms with E-state index < -0.39 is 11.5 Å². The number of halogens is 1. The van der Waals surface area contributed by atoms with E-state index in [1.807, 2.05) is 12.1 Å². The zero-order chi connectivity index (χ0) is 11.8. The molecule has 2 N–H and O–H groups in total. The second-order valence-electron chi connectivity index (χ2n) is 3.91. The summed E-state index contributed by atoms with van der Waals surface area (Å²) in [7, 11) is 0. The Labute approximate surface area is 98.0 Å². The summed E-state index contributed by atoms with van der Waals surface area (Å²) in [6, 6.07) is 7.19. The van der Waals surface area contributed by atoms with E-state index >= 15 is 0 Å². The molecule has 0 aromatic heterocycles. The second kappa shape index (κ2) is 3.79. The third kappa shape index (κ3) is 1.88. The van der Waals surface area contributed by atoms with Crippen LogP contribution in [0.2, 0.25) is 5.02 Å². The van der Waals surface area contributed by atoms with Crippen LogP contribution in [0.1, 0.15) is 18.9 Å². The van der Waals surface area contributed by atoms with Gasteiger partial charge in [0.15, 0.2) is 0 Å². The van der Waals surface area contributed by atoms with Crippen LogP contribution in [-0.2, 0) is 9.63 Å². The number of oxime groups is 1.